The Morgan fingerprint density at radius 3 is 2.52 bits per heavy atom. The lowest BCUT2D eigenvalue weighted by Crippen LogP contribution is -2.15. The predicted octanol–water partition coefficient (Wildman–Crippen LogP) is 2.94. The van der Waals surface area contributed by atoms with Crippen LogP contribution in [0.25, 0.3) is 16.9 Å². The second-order valence-electron chi connectivity index (χ2n) is 5.25. The second-order valence-corrected chi connectivity index (χ2v) is 6.60. The summed E-state index contributed by atoms with van der Waals surface area (Å²) in [4.78, 5) is 25.2. The molecule has 4 N–H and O–H groups in total. The van der Waals surface area contributed by atoms with Gasteiger partial charge in [0.05, 0.1) is 22.8 Å². The quantitative estimate of drug-likeness (QED) is 0.677. The Morgan fingerprint density at radius 2 is 1.92 bits per heavy atom. The molecule has 0 aliphatic heterocycles. The van der Waals surface area contributed by atoms with Gasteiger partial charge in [-0.2, -0.15) is 0 Å². The molecule has 1 aromatic carbocycles. The number of benzene rings is 1. The molecule has 3 rings (SSSR count). The number of halogens is 2. The number of fused-ring (bicyclic) bond motifs is 1. The van der Waals surface area contributed by atoms with Crippen molar-refractivity contribution in [2.24, 2.45) is 11.5 Å². The number of hydrogen-bond acceptors (Lipinski definition) is 3. The molecule has 2 heterocycles. The predicted molar refractivity (Wildman–Crippen MR) is 101 cm³/mol. The summed E-state index contributed by atoms with van der Waals surface area (Å²) in [5.74, 6) is -0.743. The number of nitrogens with two attached hydrogens (primary N) is 2. The van der Waals surface area contributed by atoms with Crippen LogP contribution >= 0.6 is 27.5 Å². The molecule has 130 valence electrons. The zero-order valence-electron chi connectivity index (χ0n) is 13.4. The van der Waals surface area contributed by atoms with Gasteiger partial charge in [0, 0.05) is 23.2 Å². The molecule has 0 spiro atoms. The maximum absolute atomic E-state index is 11.4. The number of rotatable bonds is 3. The molecule has 0 aliphatic rings. The molecule has 0 unspecified atom stereocenters. The van der Waals surface area contributed by atoms with Crippen molar-refractivity contribution in [1.29, 1.82) is 0 Å². The number of carbonyl (C=O) groups excluding carboxylic acids is 2. The van der Waals surface area contributed by atoms with Crippen molar-refractivity contribution in [3.8, 4) is 11.3 Å². The van der Waals surface area contributed by atoms with E-state index < -0.39 is 5.91 Å². The van der Waals surface area contributed by atoms with Crippen LogP contribution in [-0.2, 0) is 16.0 Å². The van der Waals surface area contributed by atoms with Gasteiger partial charge in [-0.1, -0.05) is 39.7 Å². The van der Waals surface area contributed by atoms with Gasteiger partial charge in [-0.05, 0) is 24.3 Å². The summed E-state index contributed by atoms with van der Waals surface area (Å²) in [5, 5.41) is 0.575. The van der Waals surface area contributed by atoms with E-state index in [4.69, 9.17) is 17.3 Å². The van der Waals surface area contributed by atoms with Gasteiger partial charge in [-0.25, -0.2) is 4.98 Å². The Morgan fingerprint density at radius 1 is 1.24 bits per heavy atom. The van der Waals surface area contributed by atoms with Crippen LogP contribution in [0.3, 0.4) is 0 Å². The first-order valence-electron chi connectivity index (χ1n) is 7.24. The molecule has 0 saturated carbocycles. The molecule has 0 fully saturated rings. The van der Waals surface area contributed by atoms with E-state index >= 15 is 0 Å². The van der Waals surface area contributed by atoms with Crippen molar-refractivity contribution in [1.82, 2.24) is 9.38 Å². The van der Waals surface area contributed by atoms with Gasteiger partial charge in [0.1, 0.15) is 5.65 Å². The molecule has 3 aromatic rings. The molecular weight excluding hydrogens is 408 g/mol. The van der Waals surface area contributed by atoms with Gasteiger partial charge in [0.2, 0.25) is 11.8 Å². The number of hydrogen-bond donors (Lipinski definition) is 2. The summed E-state index contributed by atoms with van der Waals surface area (Å²) in [7, 11) is 0. The third-order valence-corrected chi connectivity index (χ3v) is 3.84. The molecule has 0 atom stereocenters. The van der Waals surface area contributed by atoms with E-state index in [0.717, 1.165) is 27.1 Å². The van der Waals surface area contributed by atoms with E-state index in [9.17, 15) is 9.59 Å². The van der Waals surface area contributed by atoms with Gasteiger partial charge >= 0.3 is 0 Å². The fourth-order valence-corrected chi connectivity index (χ4v) is 2.83. The first kappa shape index (κ1) is 19.0. The van der Waals surface area contributed by atoms with Gasteiger partial charge in [0.15, 0.2) is 0 Å². The zero-order valence-corrected chi connectivity index (χ0v) is 15.7. The van der Waals surface area contributed by atoms with E-state index in [1.54, 1.807) is 12.3 Å². The Labute approximate surface area is 157 Å². The maximum Gasteiger partial charge on any atom is 0.223 e. The molecular formula is C17H16BrClN4O2. The number of aromatic nitrogens is 2. The van der Waals surface area contributed by atoms with E-state index in [1.807, 2.05) is 34.7 Å². The normalized spacial score (nSPS) is 10.2. The molecule has 0 bridgehead atoms. The highest BCUT2D eigenvalue weighted by atomic mass is 79.9. The highest BCUT2D eigenvalue weighted by Crippen LogP contribution is 2.28. The summed E-state index contributed by atoms with van der Waals surface area (Å²) in [5.41, 5.74) is 13.0. The number of nitrogens with zero attached hydrogens (tertiary/aromatic N) is 2. The number of primary amides is 2. The number of amides is 2. The lowest BCUT2D eigenvalue weighted by Gasteiger charge is -2.04. The van der Waals surface area contributed by atoms with E-state index in [2.05, 4.69) is 26.6 Å². The molecule has 0 radical (unpaired) electrons. The molecule has 2 amide bonds. The first-order chi connectivity index (χ1) is 11.8. The van der Waals surface area contributed by atoms with Crippen molar-refractivity contribution in [2.75, 3.05) is 0 Å². The van der Waals surface area contributed by atoms with Crippen LogP contribution in [0.2, 0.25) is 5.02 Å². The molecule has 25 heavy (non-hydrogen) atoms. The fraction of sp³-hybridized carbons (Fsp3) is 0.118. The standard InChI is InChI=1S/C15H11BrClN3O.C2H5NO/c16-10-3-1-2-9(6-10)15-12(7-13(18)21)20-8-11(17)4-5-14(20)19-15;1-2(3)4/h1-6,8H,7H2,(H2,18,21);1H3,(H2,3,4). The van der Waals surface area contributed by atoms with Crippen molar-refractivity contribution in [3.05, 3.63) is 57.8 Å². The highest BCUT2D eigenvalue weighted by molar-refractivity contribution is 9.10. The molecule has 0 saturated heterocycles. The molecule has 8 heteroatoms. The van der Waals surface area contributed by atoms with E-state index in [-0.39, 0.29) is 12.3 Å². The minimum atomic E-state index is -0.409. The SMILES string of the molecule is CC(N)=O.NC(=O)Cc1c(-c2cccc(Br)c2)nc2ccc(Cl)cn12. The Balaban J connectivity index is 0.000000511. The van der Waals surface area contributed by atoms with E-state index in [1.165, 1.54) is 6.92 Å². The topological polar surface area (TPSA) is 103 Å². The highest BCUT2D eigenvalue weighted by Gasteiger charge is 2.16. The van der Waals surface area contributed by atoms with Crippen LogP contribution in [0.1, 0.15) is 12.6 Å². The summed E-state index contributed by atoms with van der Waals surface area (Å²) in [6.45, 7) is 1.31. The van der Waals surface area contributed by atoms with Crippen molar-refractivity contribution < 1.29 is 9.59 Å². The molecule has 0 aliphatic carbocycles. The Hall–Kier alpha value is -2.38. The number of carbonyl (C=O) groups is 2. The van der Waals surface area contributed by atoms with Gasteiger partial charge in [0.25, 0.3) is 0 Å². The molecule has 2 aromatic heterocycles. The van der Waals surface area contributed by atoms with Crippen LogP contribution in [0.5, 0.6) is 0 Å². The second kappa shape index (κ2) is 8.13. The van der Waals surface area contributed by atoms with Crippen molar-refractivity contribution in [3.63, 3.8) is 0 Å². The first-order valence-corrected chi connectivity index (χ1v) is 8.41. The number of imidazole rings is 1. The fourth-order valence-electron chi connectivity index (χ4n) is 2.27. The summed E-state index contributed by atoms with van der Waals surface area (Å²) in [6, 6.07) is 11.3. The summed E-state index contributed by atoms with van der Waals surface area (Å²) >= 11 is 9.48. The lowest BCUT2D eigenvalue weighted by molar-refractivity contribution is -0.117. The minimum absolute atomic E-state index is 0.101. The average Bonchev–Trinajstić information content (AvgIpc) is 2.84. The lowest BCUT2D eigenvalue weighted by atomic mass is 10.1. The minimum Gasteiger partial charge on any atom is -0.370 e. The summed E-state index contributed by atoms with van der Waals surface area (Å²) < 4.78 is 2.75. The monoisotopic (exact) mass is 422 g/mol. The smallest absolute Gasteiger partial charge is 0.223 e. The zero-order chi connectivity index (χ0) is 18.6. The largest absolute Gasteiger partial charge is 0.370 e. The third-order valence-electron chi connectivity index (χ3n) is 3.12. The molecule has 6 nitrogen and oxygen atoms in total. The van der Waals surface area contributed by atoms with Crippen LogP contribution in [-0.4, -0.2) is 21.2 Å². The van der Waals surface area contributed by atoms with Crippen LogP contribution in [0.4, 0.5) is 0 Å². The summed E-state index contributed by atoms with van der Waals surface area (Å²) in [6.07, 6.45) is 1.84. The number of pyridine rings is 1. The van der Waals surface area contributed by atoms with Gasteiger partial charge < -0.3 is 15.9 Å². The van der Waals surface area contributed by atoms with Crippen molar-refractivity contribution in [2.45, 2.75) is 13.3 Å². The average molecular weight is 424 g/mol. The maximum atomic E-state index is 11.4. The van der Waals surface area contributed by atoms with E-state index in [0.29, 0.717) is 5.02 Å². The third kappa shape index (κ3) is 5.04. The van der Waals surface area contributed by atoms with Crippen molar-refractivity contribution >= 4 is 45.0 Å². The van der Waals surface area contributed by atoms with Gasteiger partial charge in [-0.3, -0.25) is 9.59 Å². The van der Waals surface area contributed by atoms with Crippen LogP contribution in [0, 0.1) is 0 Å². The van der Waals surface area contributed by atoms with Crippen LogP contribution < -0.4 is 11.5 Å². The van der Waals surface area contributed by atoms with Gasteiger partial charge in [-0.15, -0.1) is 0 Å². The Kier molecular flexibility index (Phi) is 6.17. The van der Waals surface area contributed by atoms with Crippen LogP contribution in [0.15, 0.2) is 47.1 Å². The Bertz CT molecular complexity index is 936.